The number of ketones is 1. The molecule has 0 bridgehead atoms. The van der Waals surface area contributed by atoms with Crippen molar-refractivity contribution in [1.82, 2.24) is 4.98 Å². The first kappa shape index (κ1) is 13.7. The average molecular weight is 336 g/mol. The molecule has 3 nitrogen and oxygen atoms in total. The molecule has 0 fully saturated rings. The summed E-state index contributed by atoms with van der Waals surface area (Å²) in [5, 5.41) is 9.51. The molecule has 0 saturated heterocycles. The zero-order valence-electron chi connectivity index (χ0n) is 9.68. The van der Waals surface area contributed by atoms with Crippen LogP contribution in [-0.2, 0) is 0 Å². The van der Waals surface area contributed by atoms with Gasteiger partial charge in [0.15, 0.2) is 11.7 Å². The third kappa shape index (κ3) is 3.01. The van der Waals surface area contributed by atoms with E-state index in [4.69, 9.17) is 11.6 Å². The molecule has 0 radical (unpaired) electrons. The number of carbonyl (C=O) groups excluding carboxylic acids is 1. The van der Waals surface area contributed by atoms with E-state index < -0.39 is 5.92 Å². The molecule has 0 aliphatic heterocycles. The van der Waals surface area contributed by atoms with E-state index in [-0.39, 0.29) is 5.78 Å². The van der Waals surface area contributed by atoms with Crippen LogP contribution < -0.4 is 0 Å². The van der Waals surface area contributed by atoms with Gasteiger partial charge in [0, 0.05) is 16.2 Å². The highest BCUT2D eigenvalue weighted by Gasteiger charge is 2.24. The normalized spacial score (nSPS) is 11.6. The van der Waals surface area contributed by atoms with Crippen LogP contribution in [0.2, 0.25) is 5.02 Å². The SMILES string of the molecule is N#CC(C(=O)c1ccc(Br)cc1Cl)c1ccccn1. The van der Waals surface area contributed by atoms with Crippen LogP contribution in [0.3, 0.4) is 0 Å². The second-order valence-corrected chi connectivity index (χ2v) is 5.13. The van der Waals surface area contributed by atoms with E-state index in [1.807, 2.05) is 6.07 Å². The minimum atomic E-state index is -0.945. The number of halogens is 2. The van der Waals surface area contributed by atoms with Crippen LogP contribution in [0.15, 0.2) is 47.1 Å². The van der Waals surface area contributed by atoms with Gasteiger partial charge in [0.1, 0.15) is 0 Å². The molecule has 2 rings (SSSR count). The van der Waals surface area contributed by atoms with E-state index in [1.165, 1.54) is 0 Å². The summed E-state index contributed by atoms with van der Waals surface area (Å²) in [5.41, 5.74) is 0.746. The summed E-state index contributed by atoms with van der Waals surface area (Å²) in [6.07, 6.45) is 1.55. The molecule has 5 heteroatoms. The van der Waals surface area contributed by atoms with Crippen molar-refractivity contribution in [2.24, 2.45) is 0 Å². The first-order valence-corrected chi connectivity index (χ1v) is 6.60. The number of carbonyl (C=O) groups is 1. The maximum Gasteiger partial charge on any atom is 0.187 e. The Morgan fingerprint density at radius 1 is 1.37 bits per heavy atom. The van der Waals surface area contributed by atoms with Gasteiger partial charge >= 0.3 is 0 Å². The first-order chi connectivity index (χ1) is 9.13. The highest BCUT2D eigenvalue weighted by molar-refractivity contribution is 9.10. The van der Waals surface area contributed by atoms with Crippen LogP contribution in [0.1, 0.15) is 22.0 Å². The molecule has 0 aliphatic rings. The Balaban J connectivity index is 2.40. The minimum absolute atomic E-state index is 0.315. The van der Waals surface area contributed by atoms with Crippen molar-refractivity contribution < 1.29 is 4.79 Å². The fourth-order valence-corrected chi connectivity index (χ4v) is 2.42. The number of aromatic nitrogens is 1. The first-order valence-electron chi connectivity index (χ1n) is 5.43. The van der Waals surface area contributed by atoms with Crippen LogP contribution in [-0.4, -0.2) is 10.8 Å². The maximum absolute atomic E-state index is 12.3. The van der Waals surface area contributed by atoms with Gasteiger partial charge in [-0.3, -0.25) is 9.78 Å². The van der Waals surface area contributed by atoms with Crippen molar-refractivity contribution in [3.05, 3.63) is 63.3 Å². The largest absolute Gasteiger partial charge is 0.292 e. The zero-order chi connectivity index (χ0) is 13.8. The zero-order valence-corrected chi connectivity index (χ0v) is 12.0. The topological polar surface area (TPSA) is 53.8 Å². The fraction of sp³-hybridized carbons (Fsp3) is 0.0714. The quantitative estimate of drug-likeness (QED) is 0.797. The average Bonchev–Trinajstić information content (AvgIpc) is 2.40. The molecule has 19 heavy (non-hydrogen) atoms. The number of nitriles is 1. The smallest absolute Gasteiger partial charge is 0.187 e. The summed E-state index contributed by atoms with van der Waals surface area (Å²) < 4.78 is 0.778. The van der Waals surface area contributed by atoms with E-state index >= 15 is 0 Å². The Bertz CT molecular complexity index is 652. The van der Waals surface area contributed by atoms with E-state index in [0.29, 0.717) is 16.3 Å². The molecule has 0 amide bonds. The number of pyridine rings is 1. The molecule has 1 atom stereocenters. The van der Waals surface area contributed by atoms with E-state index in [0.717, 1.165) is 4.47 Å². The van der Waals surface area contributed by atoms with Gasteiger partial charge < -0.3 is 0 Å². The van der Waals surface area contributed by atoms with Gasteiger partial charge in [0.05, 0.1) is 16.8 Å². The number of hydrogen-bond donors (Lipinski definition) is 0. The molecule has 94 valence electrons. The lowest BCUT2D eigenvalue weighted by atomic mass is 9.95. The maximum atomic E-state index is 12.3. The minimum Gasteiger partial charge on any atom is -0.292 e. The van der Waals surface area contributed by atoms with Crippen LogP contribution in [0.5, 0.6) is 0 Å². The summed E-state index contributed by atoms with van der Waals surface area (Å²) in [4.78, 5) is 16.4. The van der Waals surface area contributed by atoms with Gasteiger partial charge in [-0.25, -0.2) is 0 Å². The summed E-state index contributed by atoms with van der Waals surface area (Å²) in [6.45, 7) is 0. The summed E-state index contributed by atoms with van der Waals surface area (Å²) in [5.74, 6) is -1.29. The lowest BCUT2D eigenvalue weighted by Crippen LogP contribution is -2.13. The van der Waals surface area contributed by atoms with Gasteiger partial charge in [-0.1, -0.05) is 33.6 Å². The summed E-state index contributed by atoms with van der Waals surface area (Å²) in [6, 6.07) is 12.0. The van der Waals surface area contributed by atoms with Crippen molar-refractivity contribution >= 4 is 33.3 Å². The Morgan fingerprint density at radius 3 is 2.74 bits per heavy atom. The molecule has 0 aliphatic carbocycles. The standard InChI is InChI=1S/C14H8BrClN2O/c15-9-4-5-10(12(16)7-9)14(19)11(8-17)13-3-1-2-6-18-13/h1-7,11H. The number of hydrogen-bond acceptors (Lipinski definition) is 3. The second-order valence-electron chi connectivity index (χ2n) is 3.81. The highest BCUT2D eigenvalue weighted by Crippen LogP contribution is 2.26. The predicted octanol–water partition coefficient (Wildman–Crippen LogP) is 3.99. The van der Waals surface area contributed by atoms with Gasteiger partial charge in [0.25, 0.3) is 0 Å². The molecule has 1 heterocycles. The Morgan fingerprint density at radius 2 is 2.16 bits per heavy atom. The molecule has 1 aromatic heterocycles. The molecule has 2 aromatic rings. The molecular formula is C14H8BrClN2O. The van der Waals surface area contributed by atoms with Gasteiger partial charge in [-0.2, -0.15) is 5.26 Å². The highest BCUT2D eigenvalue weighted by atomic mass is 79.9. The van der Waals surface area contributed by atoms with E-state index in [2.05, 4.69) is 20.9 Å². The third-order valence-corrected chi connectivity index (χ3v) is 3.38. The monoisotopic (exact) mass is 334 g/mol. The predicted molar refractivity (Wildman–Crippen MR) is 76.1 cm³/mol. The fourth-order valence-electron chi connectivity index (χ4n) is 1.65. The van der Waals surface area contributed by atoms with Crippen LogP contribution in [0.25, 0.3) is 0 Å². The molecule has 0 spiro atoms. The van der Waals surface area contributed by atoms with Crippen LogP contribution in [0.4, 0.5) is 0 Å². The lowest BCUT2D eigenvalue weighted by Gasteiger charge is -2.09. The molecular weight excluding hydrogens is 328 g/mol. The number of benzene rings is 1. The number of Topliss-reactive ketones (excluding diaryl/α,β-unsaturated/α-hetero) is 1. The molecule has 0 N–H and O–H groups in total. The van der Waals surface area contributed by atoms with Crippen LogP contribution >= 0.6 is 27.5 Å². The lowest BCUT2D eigenvalue weighted by molar-refractivity contribution is 0.0977. The number of rotatable bonds is 3. The van der Waals surface area contributed by atoms with Gasteiger partial charge in [-0.15, -0.1) is 0 Å². The van der Waals surface area contributed by atoms with Crippen molar-refractivity contribution in [1.29, 1.82) is 5.26 Å². The Kier molecular flexibility index (Phi) is 4.31. The Hall–Kier alpha value is -1.70. The second kappa shape index (κ2) is 5.96. The van der Waals surface area contributed by atoms with Crippen LogP contribution in [0, 0.1) is 11.3 Å². The van der Waals surface area contributed by atoms with Crippen molar-refractivity contribution in [2.45, 2.75) is 5.92 Å². The summed E-state index contributed by atoms with van der Waals surface area (Å²) in [7, 11) is 0. The van der Waals surface area contributed by atoms with Gasteiger partial charge in [0.2, 0.25) is 0 Å². The van der Waals surface area contributed by atoms with E-state index in [9.17, 15) is 10.1 Å². The van der Waals surface area contributed by atoms with Crippen molar-refractivity contribution in [2.75, 3.05) is 0 Å². The Labute approximate surface area is 124 Å². The van der Waals surface area contributed by atoms with Gasteiger partial charge in [-0.05, 0) is 30.3 Å². The third-order valence-electron chi connectivity index (χ3n) is 2.57. The molecule has 1 aromatic carbocycles. The van der Waals surface area contributed by atoms with E-state index in [1.54, 1.807) is 42.6 Å². The molecule has 0 saturated carbocycles. The van der Waals surface area contributed by atoms with Crippen molar-refractivity contribution in [3.8, 4) is 6.07 Å². The number of nitrogens with zero attached hydrogens (tertiary/aromatic N) is 2. The summed E-state index contributed by atoms with van der Waals surface area (Å²) >= 11 is 9.30. The van der Waals surface area contributed by atoms with Crippen molar-refractivity contribution in [3.63, 3.8) is 0 Å². The molecule has 1 unspecified atom stereocenters.